The first-order valence-corrected chi connectivity index (χ1v) is 7.68. The largest absolute Gasteiger partial charge is 0.459 e. The van der Waals surface area contributed by atoms with Gasteiger partial charge < -0.3 is 9.73 Å². The molecule has 0 fully saturated rings. The number of furan rings is 1. The normalized spacial score (nSPS) is 14.8. The predicted octanol–water partition coefficient (Wildman–Crippen LogP) is 4.23. The number of thioether (sulfide) groups is 1. The van der Waals surface area contributed by atoms with E-state index in [0.717, 1.165) is 17.1 Å². The Labute approximate surface area is 113 Å². The van der Waals surface area contributed by atoms with Crippen LogP contribution in [0.5, 0.6) is 0 Å². The Bertz CT molecular complexity index is 461. The molecule has 2 nitrogen and oxygen atoms in total. The molecule has 0 aliphatic carbocycles. The summed E-state index contributed by atoms with van der Waals surface area (Å²) >= 11 is 1.97. The van der Waals surface area contributed by atoms with Crippen molar-refractivity contribution in [1.29, 1.82) is 0 Å². The van der Waals surface area contributed by atoms with E-state index >= 15 is 0 Å². The van der Waals surface area contributed by atoms with Crippen molar-refractivity contribution in [3.05, 3.63) is 36.1 Å². The maximum atomic E-state index is 5.87. The minimum absolute atomic E-state index is 0.254. The van der Waals surface area contributed by atoms with E-state index in [9.17, 15) is 0 Å². The van der Waals surface area contributed by atoms with E-state index in [2.05, 4.69) is 38.2 Å². The third-order valence-electron chi connectivity index (χ3n) is 2.98. The van der Waals surface area contributed by atoms with E-state index in [1.54, 1.807) is 0 Å². The molecule has 3 heteroatoms. The molecule has 2 rings (SSSR count). The minimum Gasteiger partial charge on any atom is -0.459 e. The molecule has 0 aliphatic rings. The van der Waals surface area contributed by atoms with Gasteiger partial charge in [0.05, 0.1) is 6.04 Å². The van der Waals surface area contributed by atoms with Gasteiger partial charge in [0.2, 0.25) is 0 Å². The van der Waals surface area contributed by atoms with Crippen LogP contribution in [0.4, 0.5) is 0 Å². The second-order valence-electron chi connectivity index (χ2n) is 4.64. The molecule has 1 N–H and O–H groups in total. The van der Waals surface area contributed by atoms with Crippen molar-refractivity contribution in [2.24, 2.45) is 0 Å². The molecule has 0 saturated heterocycles. The first-order chi connectivity index (χ1) is 8.70. The average molecular weight is 263 g/mol. The molecule has 18 heavy (non-hydrogen) atoms. The number of hydrogen-bond donors (Lipinski definition) is 1. The van der Waals surface area contributed by atoms with Crippen molar-refractivity contribution in [2.45, 2.75) is 32.9 Å². The second kappa shape index (κ2) is 6.30. The summed E-state index contributed by atoms with van der Waals surface area (Å²) in [6.07, 6.45) is 0. The lowest BCUT2D eigenvalue weighted by molar-refractivity contribution is 0.426. The maximum absolute atomic E-state index is 5.87. The summed E-state index contributed by atoms with van der Waals surface area (Å²) in [6, 6.07) is 11.0. The third-order valence-corrected chi connectivity index (χ3v) is 4.12. The quantitative estimate of drug-likeness (QED) is 0.844. The van der Waals surface area contributed by atoms with Crippen LogP contribution in [0.25, 0.3) is 11.0 Å². The molecule has 0 radical (unpaired) electrons. The molecule has 0 spiro atoms. The maximum Gasteiger partial charge on any atom is 0.134 e. The highest BCUT2D eigenvalue weighted by molar-refractivity contribution is 7.99. The Balaban J connectivity index is 2.01. The van der Waals surface area contributed by atoms with Gasteiger partial charge in [-0.05, 0) is 31.7 Å². The van der Waals surface area contributed by atoms with Crippen molar-refractivity contribution < 1.29 is 4.42 Å². The topological polar surface area (TPSA) is 25.2 Å². The Morgan fingerprint density at radius 3 is 2.78 bits per heavy atom. The van der Waals surface area contributed by atoms with Crippen LogP contribution in [-0.2, 0) is 0 Å². The molecule has 2 unspecified atom stereocenters. The summed E-state index contributed by atoms with van der Waals surface area (Å²) in [5, 5.41) is 4.75. The van der Waals surface area contributed by atoms with Crippen LogP contribution in [0.15, 0.2) is 34.7 Å². The van der Waals surface area contributed by atoms with Gasteiger partial charge in [0, 0.05) is 17.2 Å². The van der Waals surface area contributed by atoms with Crippen LogP contribution in [-0.4, -0.2) is 17.5 Å². The molecular weight excluding hydrogens is 242 g/mol. The second-order valence-corrected chi connectivity index (χ2v) is 5.95. The third kappa shape index (κ3) is 3.30. The molecule has 1 aromatic heterocycles. The molecule has 0 bridgehead atoms. The molecule has 0 aliphatic heterocycles. The Morgan fingerprint density at radius 2 is 2.06 bits per heavy atom. The fourth-order valence-electron chi connectivity index (χ4n) is 2.07. The lowest BCUT2D eigenvalue weighted by atomic mass is 10.2. The lowest BCUT2D eigenvalue weighted by Gasteiger charge is -2.17. The molecule has 1 aromatic carbocycles. The van der Waals surface area contributed by atoms with Crippen molar-refractivity contribution >= 4 is 22.7 Å². The smallest absolute Gasteiger partial charge is 0.134 e. The summed E-state index contributed by atoms with van der Waals surface area (Å²) in [7, 11) is 0. The van der Waals surface area contributed by atoms with Gasteiger partial charge in [-0.15, -0.1) is 0 Å². The van der Waals surface area contributed by atoms with Gasteiger partial charge in [0.15, 0.2) is 0 Å². The Hall–Kier alpha value is -0.930. The van der Waals surface area contributed by atoms with Crippen LogP contribution in [0.2, 0.25) is 0 Å². The van der Waals surface area contributed by atoms with E-state index in [1.165, 1.54) is 11.1 Å². The molecule has 98 valence electrons. The number of rotatable bonds is 6. The highest BCUT2D eigenvalue weighted by Gasteiger charge is 2.13. The number of nitrogens with one attached hydrogen (secondary N) is 1. The van der Waals surface area contributed by atoms with Crippen LogP contribution < -0.4 is 5.32 Å². The molecule has 0 amide bonds. The molecule has 2 atom stereocenters. The van der Waals surface area contributed by atoms with Gasteiger partial charge in [0.1, 0.15) is 11.3 Å². The molecular formula is C15H21NOS. The van der Waals surface area contributed by atoms with E-state index in [1.807, 2.05) is 30.0 Å². The van der Waals surface area contributed by atoms with E-state index in [0.29, 0.717) is 6.04 Å². The number of para-hydroxylation sites is 1. The first-order valence-electron chi connectivity index (χ1n) is 6.53. The summed E-state index contributed by atoms with van der Waals surface area (Å²) in [6.45, 7) is 6.58. The molecule has 0 saturated carbocycles. The summed E-state index contributed by atoms with van der Waals surface area (Å²) < 4.78 is 5.87. The molecule has 1 heterocycles. The van der Waals surface area contributed by atoms with Gasteiger partial charge in [-0.25, -0.2) is 0 Å². The molecule has 2 aromatic rings. The van der Waals surface area contributed by atoms with E-state index in [-0.39, 0.29) is 6.04 Å². The van der Waals surface area contributed by atoms with Gasteiger partial charge in [0.25, 0.3) is 0 Å². The number of hydrogen-bond acceptors (Lipinski definition) is 3. The van der Waals surface area contributed by atoms with Crippen LogP contribution in [0, 0.1) is 0 Å². The van der Waals surface area contributed by atoms with E-state index in [4.69, 9.17) is 4.42 Å². The zero-order chi connectivity index (χ0) is 13.0. The van der Waals surface area contributed by atoms with Crippen molar-refractivity contribution in [3.63, 3.8) is 0 Å². The fraction of sp³-hybridized carbons (Fsp3) is 0.467. The van der Waals surface area contributed by atoms with Gasteiger partial charge in [-0.2, -0.15) is 11.8 Å². The minimum atomic E-state index is 0.254. The summed E-state index contributed by atoms with van der Waals surface area (Å²) in [4.78, 5) is 0. The zero-order valence-electron chi connectivity index (χ0n) is 11.3. The highest BCUT2D eigenvalue weighted by atomic mass is 32.2. The Kier molecular flexibility index (Phi) is 4.72. The standard InChI is InChI=1S/C15H21NOS/c1-4-18-10-11(2)16-12(3)15-9-13-7-5-6-8-14(13)17-15/h5-9,11-12,16H,4,10H2,1-3H3. The number of benzene rings is 1. The average Bonchev–Trinajstić information content (AvgIpc) is 2.80. The van der Waals surface area contributed by atoms with Gasteiger partial charge in [-0.3, -0.25) is 0 Å². The van der Waals surface area contributed by atoms with Gasteiger partial charge >= 0.3 is 0 Å². The lowest BCUT2D eigenvalue weighted by Crippen LogP contribution is -2.30. The highest BCUT2D eigenvalue weighted by Crippen LogP contribution is 2.23. The number of fused-ring (bicyclic) bond motifs is 1. The van der Waals surface area contributed by atoms with E-state index < -0.39 is 0 Å². The monoisotopic (exact) mass is 263 g/mol. The van der Waals surface area contributed by atoms with Crippen molar-refractivity contribution in [1.82, 2.24) is 5.32 Å². The van der Waals surface area contributed by atoms with Crippen LogP contribution >= 0.6 is 11.8 Å². The van der Waals surface area contributed by atoms with Crippen molar-refractivity contribution in [2.75, 3.05) is 11.5 Å². The summed E-state index contributed by atoms with van der Waals surface area (Å²) in [5.41, 5.74) is 0.969. The fourth-order valence-corrected chi connectivity index (χ4v) is 2.75. The predicted molar refractivity (Wildman–Crippen MR) is 80.2 cm³/mol. The summed E-state index contributed by atoms with van der Waals surface area (Å²) in [5.74, 6) is 3.33. The van der Waals surface area contributed by atoms with Crippen LogP contribution in [0.3, 0.4) is 0 Å². The Morgan fingerprint density at radius 1 is 1.28 bits per heavy atom. The zero-order valence-corrected chi connectivity index (χ0v) is 12.1. The van der Waals surface area contributed by atoms with Crippen LogP contribution in [0.1, 0.15) is 32.6 Å². The first kappa shape index (κ1) is 13.5. The van der Waals surface area contributed by atoms with Gasteiger partial charge in [-0.1, -0.05) is 25.1 Å². The van der Waals surface area contributed by atoms with Crippen molar-refractivity contribution in [3.8, 4) is 0 Å². The SMILES string of the molecule is CCSCC(C)NC(C)c1cc2ccccc2o1.